The van der Waals surface area contributed by atoms with Gasteiger partial charge >= 0.3 is 0 Å². The Hall–Kier alpha value is -1.17. The highest BCUT2D eigenvalue weighted by Crippen LogP contribution is 2.52. The number of methoxy groups -OCH3 is 1. The number of hydrogen-bond donors (Lipinski definition) is 1. The van der Waals surface area contributed by atoms with Crippen LogP contribution in [0.1, 0.15) is 48.0 Å². The molecule has 4 nitrogen and oxygen atoms in total. The van der Waals surface area contributed by atoms with E-state index in [-0.39, 0.29) is 12.4 Å². The van der Waals surface area contributed by atoms with Crippen LogP contribution in [0.25, 0.3) is 0 Å². The van der Waals surface area contributed by atoms with E-state index < -0.39 is 17.2 Å². The summed E-state index contributed by atoms with van der Waals surface area (Å²) in [6.45, 7) is 2.27. The highest BCUT2D eigenvalue weighted by Gasteiger charge is 2.55. The predicted molar refractivity (Wildman–Crippen MR) is 101 cm³/mol. The van der Waals surface area contributed by atoms with E-state index in [0.29, 0.717) is 36.8 Å². The van der Waals surface area contributed by atoms with Gasteiger partial charge in [0.15, 0.2) is 0 Å². The molecule has 1 heterocycles. The number of nitrogens with zero attached hydrogens (tertiary/aromatic N) is 1. The lowest BCUT2D eigenvalue weighted by Gasteiger charge is -2.55. The first-order chi connectivity index (χ1) is 12.0. The van der Waals surface area contributed by atoms with Gasteiger partial charge in [-0.05, 0) is 43.4 Å². The molecule has 0 spiro atoms. The molecule has 1 aromatic carbocycles. The summed E-state index contributed by atoms with van der Waals surface area (Å²) in [5.41, 5.74) is 5.70. The van der Waals surface area contributed by atoms with Crippen LogP contribution in [0.15, 0.2) is 24.3 Å². The molecule has 1 saturated heterocycles. The van der Waals surface area contributed by atoms with Crippen LogP contribution in [-0.4, -0.2) is 43.2 Å². The molecule has 1 aliphatic heterocycles. The van der Waals surface area contributed by atoms with Crippen LogP contribution < -0.4 is 5.73 Å². The van der Waals surface area contributed by atoms with E-state index in [1.807, 2.05) is 12.1 Å². The Bertz CT molecular complexity index is 666. The number of ether oxygens (including phenoxy) is 1. The maximum atomic E-state index is 14.3. The Morgan fingerprint density at radius 2 is 1.96 bits per heavy atom. The number of halogens is 2. The monoisotopic (exact) mass is 382 g/mol. The number of rotatable bonds is 5. The van der Waals surface area contributed by atoms with Crippen molar-refractivity contribution in [2.45, 2.75) is 43.4 Å². The van der Waals surface area contributed by atoms with Crippen molar-refractivity contribution in [1.82, 2.24) is 4.90 Å². The van der Waals surface area contributed by atoms with Gasteiger partial charge in [-0.3, -0.25) is 9.69 Å². The first-order valence-corrected chi connectivity index (χ1v) is 9.34. The van der Waals surface area contributed by atoms with Gasteiger partial charge in [-0.2, -0.15) is 0 Å². The van der Waals surface area contributed by atoms with E-state index >= 15 is 0 Å². The zero-order valence-corrected chi connectivity index (χ0v) is 16.1. The van der Waals surface area contributed by atoms with Crippen LogP contribution in [0, 0.1) is 11.8 Å². The quantitative estimate of drug-likeness (QED) is 0.850. The van der Waals surface area contributed by atoms with E-state index in [0.717, 1.165) is 31.5 Å². The van der Waals surface area contributed by atoms with E-state index in [9.17, 15) is 9.18 Å². The summed E-state index contributed by atoms with van der Waals surface area (Å²) in [6, 6.07) is 7.58. The minimum Gasteiger partial charge on any atom is -0.373 e. The lowest BCUT2D eigenvalue weighted by Crippen LogP contribution is -2.59. The molecule has 1 aromatic rings. The van der Waals surface area contributed by atoms with Gasteiger partial charge in [-0.25, -0.2) is 4.39 Å². The van der Waals surface area contributed by atoms with Crippen molar-refractivity contribution in [3.05, 3.63) is 35.4 Å². The van der Waals surface area contributed by atoms with Crippen LogP contribution in [0.5, 0.6) is 0 Å². The first kappa shape index (κ1) is 19.6. The molecule has 2 N–H and O–H groups in total. The van der Waals surface area contributed by atoms with Crippen molar-refractivity contribution in [2.75, 3.05) is 26.7 Å². The smallest absolute Gasteiger partial charge is 0.248 e. The molecular formula is C20H28ClFN2O2. The molecule has 3 fully saturated rings. The second-order valence-electron chi connectivity index (χ2n) is 8.11. The van der Waals surface area contributed by atoms with E-state index in [1.54, 1.807) is 13.2 Å². The second-order valence-corrected chi connectivity index (χ2v) is 8.11. The predicted octanol–water partition coefficient (Wildman–Crippen LogP) is 3.28. The summed E-state index contributed by atoms with van der Waals surface area (Å²) >= 11 is 0. The van der Waals surface area contributed by atoms with Gasteiger partial charge in [0.1, 0.15) is 11.3 Å². The Kier molecular flexibility index (Phi) is 5.35. The molecule has 0 unspecified atom stereocenters. The summed E-state index contributed by atoms with van der Waals surface area (Å²) < 4.78 is 20.5. The third-order valence-electron chi connectivity index (χ3n) is 6.51. The molecule has 2 bridgehead atoms. The molecule has 3 aliphatic rings. The second kappa shape index (κ2) is 7.10. The summed E-state index contributed by atoms with van der Waals surface area (Å²) in [6.07, 6.45) is 4.73. The van der Waals surface area contributed by atoms with E-state index in [4.69, 9.17) is 10.5 Å². The number of fused-ring (bicyclic) bond motifs is 2. The number of alkyl halides is 1. The third kappa shape index (κ3) is 3.25. The van der Waals surface area contributed by atoms with Crippen molar-refractivity contribution < 1.29 is 13.9 Å². The molecule has 144 valence electrons. The Labute approximate surface area is 160 Å². The molecule has 2 aliphatic carbocycles. The van der Waals surface area contributed by atoms with Gasteiger partial charge in [0.05, 0.1) is 0 Å². The number of primary amides is 1. The van der Waals surface area contributed by atoms with Crippen molar-refractivity contribution >= 4 is 18.3 Å². The lowest BCUT2D eigenvalue weighted by atomic mass is 9.62. The van der Waals surface area contributed by atoms with Crippen molar-refractivity contribution in [3.63, 3.8) is 0 Å². The number of amides is 1. The zero-order chi connectivity index (χ0) is 17.7. The van der Waals surface area contributed by atoms with E-state index in [1.165, 1.54) is 6.42 Å². The lowest BCUT2D eigenvalue weighted by molar-refractivity contribution is -0.171. The highest BCUT2D eigenvalue weighted by molar-refractivity contribution is 5.92. The zero-order valence-electron chi connectivity index (χ0n) is 15.2. The summed E-state index contributed by atoms with van der Waals surface area (Å²) in [5, 5.41) is 0. The number of benzene rings is 1. The van der Waals surface area contributed by atoms with E-state index in [2.05, 4.69) is 11.0 Å². The molecule has 0 aromatic heterocycles. The van der Waals surface area contributed by atoms with Crippen LogP contribution in [0.4, 0.5) is 4.39 Å². The third-order valence-corrected chi connectivity index (χ3v) is 6.51. The fourth-order valence-electron chi connectivity index (χ4n) is 5.19. The standard InChI is InChI=1S/C20H27FN2O2.ClH/c1-25-20(15-5-2-4-14(10-15)18(22)24)16-6-3-7-17(20)12-23(11-16)13-19(21)8-9-19;/h2,4-5,10,16-17H,3,6-9,11-13H2,1H3,(H2,22,24);1H/t16-,17+,20+;. The van der Waals surface area contributed by atoms with Gasteiger partial charge in [0.25, 0.3) is 0 Å². The average Bonchev–Trinajstić information content (AvgIpc) is 3.31. The number of hydrogen-bond acceptors (Lipinski definition) is 3. The average molecular weight is 383 g/mol. The fourth-order valence-corrected chi connectivity index (χ4v) is 5.19. The van der Waals surface area contributed by atoms with Crippen molar-refractivity contribution in [2.24, 2.45) is 17.6 Å². The highest BCUT2D eigenvalue weighted by atomic mass is 35.5. The maximum absolute atomic E-state index is 14.3. The van der Waals surface area contributed by atoms with Crippen LogP contribution in [0.3, 0.4) is 0 Å². The SMILES string of the molecule is CO[C@@]1(c2cccc(C(N)=O)c2)[C@@H]2CCC[C@H]1CN(CC1(F)CC1)C2.Cl. The topological polar surface area (TPSA) is 55.6 Å². The van der Waals surface area contributed by atoms with Crippen molar-refractivity contribution in [3.8, 4) is 0 Å². The maximum Gasteiger partial charge on any atom is 0.248 e. The molecule has 0 radical (unpaired) electrons. The Balaban J connectivity index is 0.00000196. The summed E-state index contributed by atoms with van der Waals surface area (Å²) in [4.78, 5) is 13.9. The Morgan fingerprint density at radius 1 is 1.31 bits per heavy atom. The van der Waals surface area contributed by atoms with Gasteiger partial charge in [0, 0.05) is 44.1 Å². The largest absolute Gasteiger partial charge is 0.373 e. The van der Waals surface area contributed by atoms with Crippen molar-refractivity contribution in [1.29, 1.82) is 0 Å². The number of carbonyl (C=O) groups excluding carboxylic acids is 1. The van der Waals surface area contributed by atoms with Gasteiger partial charge in [0.2, 0.25) is 5.91 Å². The van der Waals surface area contributed by atoms with Gasteiger partial charge < -0.3 is 10.5 Å². The number of likely N-dealkylation sites (tertiary alicyclic amines) is 1. The summed E-state index contributed by atoms with van der Waals surface area (Å²) in [7, 11) is 1.77. The molecule has 6 heteroatoms. The number of piperidine rings is 1. The Morgan fingerprint density at radius 3 is 2.50 bits per heavy atom. The van der Waals surface area contributed by atoms with Crippen LogP contribution in [-0.2, 0) is 10.3 Å². The molecule has 1 amide bonds. The molecular weight excluding hydrogens is 355 g/mol. The summed E-state index contributed by atoms with van der Waals surface area (Å²) in [5.74, 6) is 0.217. The number of carbonyl (C=O) groups is 1. The minimum atomic E-state index is -0.951. The molecule has 26 heavy (non-hydrogen) atoms. The fraction of sp³-hybridized carbons (Fsp3) is 0.650. The molecule has 2 saturated carbocycles. The molecule has 3 atom stereocenters. The number of nitrogens with two attached hydrogens (primary N) is 1. The normalized spacial score (nSPS) is 32.5. The van der Waals surface area contributed by atoms with Crippen LogP contribution in [0.2, 0.25) is 0 Å². The van der Waals surface area contributed by atoms with Crippen LogP contribution >= 0.6 is 12.4 Å². The first-order valence-electron chi connectivity index (χ1n) is 9.34. The van der Waals surface area contributed by atoms with Gasteiger partial charge in [-0.15, -0.1) is 12.4 Å². The molecule has 4 rings (SSSR count). The van der Waals surface area contributed by atoms with Gasteiger partial charge in [-0.1, -0.05) is 18.6 Å². The minimum absolute atomic E-state index is 0.